The minimum Gasteiger partial charge on any atom is -0.334 e. The van der Waals surface area contributed by atoms with E-state index in [0.717, 1.165) is 0 Å². The van der Waals surface area contributed by atoms with Crippen molar-refractivity contribution in [2.75, 3.05) is 6.54 Å². The minimum absolute atomic E-state index is 0.00393. The number of hydrogen-bond donors (Lipinski definition) is 0. The van der Waals surface area contributed by atoms with Crippen molar-refractivity contribution in [1.29, 1.82) is 0 Å². The van der Waals surface area contributed by atoms with E-state index in [4.69, 9.17) is 0 Å². The Morgan fingerprint density at radius 2 is 1.90 bits per heavy atom. The fraction of sp³-hybridized carbons (Fsp3) is 0.188. The molecule has 0 saturated carbocycles. The van der Waals surface area contributed by atoms with Crippen LogP contribution < -0.4 is 0 Å². The molecule has 0 unspecified atom stereocenters. The molecule has 0 saturated heterocycles. The van der Waals surface area contributed by atoms with Gasteiger partial charge in [-0.15, -0.1) is 0 Å². The number of hydrogen-bond acceptors (Lipinski definition) is 1. The Kier molecular flexibility index (Phi) is 5.07. The third-order valence-electron chi connectivity index (χ3n) is 3.11. The third-order valence-corrected chi connectivity index (χ3v) is 3.77. The molecular weight excluding hydrogens is 340 g/mol. The molecule has 0 aliphatic heterocycles. The molecule has 0 atom stereocenters. The smallest absolute Gasteiger partial charge is 0.258 e. The molecule has 0 spiro atoms. The maximum absolute atomic E-state index is 13.9. The predicted octanol–water partition coefficient (Wildman–Crippen LogP) is 4.39. The summed E-state index contributed by atoms with van der Waals surface area (Å²) in [6.07, 6.45) is 0. The van der Waals surface area contributed by atoms with Crippen molar-refractivity contribution < 1.29 is 13.6 Å². The second kappa shape index (κ2) is 6.80. The molecule has 0 heterocycles. The van der Waals surface area contributed by atoms with Crippen molar-refractivity contribution in [1.82, 2.24) is 4.90 Å². The lowest BCUT2D eigenvalue weighted by Gasteiger charge is -2.22. The molecule has 2 aromatic rings. The Hall–Kier alpha value is -1.75. The van der Waals surface area contributed by atoms with Gasteiger partial charge in [0.2, 0.25) is 0 Å². The van der Waals surface area contributed by atoms with Gasteiger partial charge in [-0.1, -0.05) is 18.2 Å². The lowest BCUT2D eigenvalue weighted by molar-refractivity contribution is 0.0746. The van der Waals surface area contributed by atoms with Crippen LogP contribution in [0.4, 0.5) is 8.78 Å². The van der Waals surface area contributed by atoms with Crippen LogP contribution in [0.3, 0.4) is 0 Å². The summed E-state index contributed by atoms with van der Waals surface area (Å²) < 4.78 is 27.5. The summed E-state index contributed by atoms with van der Waals surface area (Å²) in [6, 6.07) is 10.4. The van der Waals surface area contributed by atoms with Crippen molar-refractivity contribution in [2.24, 2.45) is 0 Å². The van der Waals surface area contributed by atoms with Gasteiger partial charge in [-0.2, -0.15) is 0 Å². The van der Waals surface area contributed by atoms with Gasteiger partial charge in [0.1, 0.15) is 11.6 Å². The fourth-order valence-corrected chi connectivity index (χ4v) is 2.55. The molecule has 0 fully saturated rings. The Morgan fingerprint density at radius 1 is 1.19 bits per heavy atom. The van der Waals surface area contributed by atoms with Crippen LogP contribution in [-0.2, 0) is 6.54 Å². The van der Waals surface area contributed by atoms with E-state index < -0.39 is 11.7 Å². The van der Waals surface area contributed by atoms with Crippen LogP contribution in [0.1, 0.15) is 22.8 Å². The summed E-state index contributed by atoms with van der Waals surface area (Å²) >= 11 is 3.19. The highest BCUT2D eigenvalue weighted by atomic mass is 79.9. The standard InChI is InChI=1S/C16H14BrF2NO/c1-2-20(10-11-5-3-6-12(18)9-11)16(21)15-13(17)7-4-8-14(15)19/h3-9H,2,10H2,1H3. The van der Waals surface area contributed by atoms with Crippen molar-refractivity contribution >= 4 is 21.8 Å². The van der Waals surface area contributed by atoms with Crippen LogP contribution in [-0.4, -0.2) is 17.4 Å². The van der Waals surface area contributed by atoms with Gasteiger partial charge in [-0.3, -0.25) is 4.79 Å². The van der Waals surface area contributed by atoms with Crippen LogP contribution in [0, 0.1) is 11.6 Å². The molecule has 0 aliphatic carbocycles. The summed E-state index contributed by atoms with van der Waals surface area (Å²) in [6.45, 7) is 2.43. The normalized spacial score (nSPS) is 10.5. The lowest BCUT2D eigenvalue weighted by Crippen LogP contribution is -2.31. The zero-order valence-corrected chi connectivity index (χ0v) is 13.0. The average molecular weight is 354 g/mol. The van der Waals surface area contributed by atoms with E-state index >= 15 is 0 Å². The molecule has 2 aromatic carbocycles. The van der Waals surface area contributed by atoms with Crippen molar-refractivity contribution in [3.63, 3.8) is 0 Å². The van der Waals surface area contributed by atoms with Crippen molar-refractivity contribution in [3.8, 4) is 0 Å². The Labute approximate surface area is 130 Å². The minimum atomic E-state index is -0.577. The van der Waals surface area contributed by atoms with Gasteiger partial charge in [-0.05, 0) is 52.7 Å². The first-order chi connectivity index (χ1) is 10.0. The average Bonchev–Trinajstić information content (AvgIpc) is 2.44. The van der Waals surface area contributed by atoms with Gasteiger partial charge in [0.25, 0.3) is 5.91 Å². The van der Waals surface area contributed by atoms with Gasteiger partial charge >= 0.3 is 0 Å². The first-order valence-corrected chi connectivity index (χ1v) is 7.30. The first kappa shape index (κ1) is 15.6. The molecule has 0 radical (unpaired) electrons. The highest BCUT2D eigenvalue weighted by Crippen LogP contribution is 2.22. The maximum Gasteiger partial charge on any atom is 0.258 e. The van der Waals surface area contributed by atoms with E-state index in [-0.39, 0.29) is 17.9 Å². The maximum atomic E-state index is 13.9. The molecule has 0 N–H and O–H groups in total. The van der Waals surface area contributed by atoms with E-state index in [1.54, 1.807) is 25.1 Å². The zero-order valence-electron chi connectivity index (χ0n) is 11.4. The molecule has 0 aromatic heterocycles. The summed E-state index contributed by atoms with van der Waals surface area (Å²) in [5.41, 5.74) is 0.661. The van der Waals surface area contributed by atoms with E-state index in [2.05, 4.69) is 15.9 Å². The van der Waals surface area contributed by atoms with Gasteiger partial charge < -0.3 is 4.90 Å². The monoisotopic (exact) mass is 353 g/mol. The number of amides is 1. The number of rotatable bonds is 4. The van der Waals surface area contributed by atoms with Gasteiger partial charge in [0.15, 0.2) is 0 Å². The quantitative estimate of drug-likeness (QED) is 0.798. The van der Waals surface area contributed by atoms with Crippen LogP contribution in [0.2, 0.25) is 0 Å². The number of carbonyl (C=O) groups excluding carboxylic acids is 1. The van der Waals surface area contributed by atoms with Crippen LogP contribution in [0.25, 0.3) is 0 Å². The topological polar surface area (TPSA) is 20.3 Å². The Bertz CT molecular complexity index is 640. The Morgan fingerprint density at radius 3 is 2.52 bits per heavy atom. The zero-order chi connectivity index (χ0) is 15.4. The number of benzene rings is 2. The lowest BCUT2D eigenvalue weighted by atomic mass is 10.1. The second-order valence-electron chi connectivity index (χ2n) is 4.55. The van der Waals surface area contributed by atoms with Crippen LogP contribution in [0.5, 0.6) is 0 Å². The van der Waals surface area contributed by atoms with Gasteiger partial charge in [0, 0.05) is 17.6 Å². The summed E-state index contributed by atoms with van der Waals surface area (Å²) in [4.78, 5) is 13.9. The first-order valence-electron chi connectivity index (χ1n) is 6.50. The molecule has 21 heavy (non-hydrogen) atoms. The SMILES string of the molecule is CCN(Cc1cccc(F)c1)C(=O)c1c(F)cccc1Br. The second-order valence-corrected chi connectivity index (χ2v) is 5.40. The number of halogens is 3. The molecular formula is C16H14BrF2NO. The summed E-state index contributed by atoms with van der Waals surface area (Å²) in [5.74, 6) is -1.36. The van der Waals surface area contributed by atoms with Gasteiger partial charge in [0.05, 0.1) is 5.56 Å². The molecule has 1 amide bonds. The Balaban J connectivity index is 2.27. The number of carbonyl (C=O) groups is 1. The van der Waals surface area contributed by atoms with Crippen molar-refractivity contribution in [3.05, 3.63) is 69.7 Å². The molecule has 0 bridgehead atoms. The summed E-state index contributed by atoms with van der Waals surface area (Å²) in [7, 11) is 0. The predicted molar refractivity (Wildman–Crippen MR) is 80.9 cm³/mol. The van der Waals surface area contributed by atoms with E-state index in [1.807, 2.05) is 0 Å². The van der Waals surface area contributed by atoms with Crippen LogP contribution >= 0.6 is 15.9 Å². The molecule has 2 nitrogen and oxygen atoms in total. The van der Waals surface area contributed by atoms with E-state index in [1.165, 1.54) is 29.2 Å². The largest absolute Gasteiger partial charge is 0.334 e. The molecule has 5 heteroatoms. The molecule has 110 valence electrons. The van der Waals surface area contributed by atoms with Crippen molar-refractivity contribution in [2.45, 2.75) is 13.5 Å². The van der Waals surface area contributed by atoms with Gasteiger partial charge in [-0.25, -0.2) is 8.78 Å². The fourth-order valence-electron chi connectivity index (χ4n) is 2.04. The highest BCUT2D eigenvalue weighted by molar-refractivity contribution is 9.10. The highest BCUT2D eigenvalue weighted by Gasteiger charge is 2.21. The van der Waals surface area contributed by atoms with Crippen LogP contribution in [0.15, 0.2) is 46.9 Å². The number of nitrogens with zero attached hydrogens (tertiary/aromatic N) is 1. The van der Waals surface area contributed by atoms with E-state index in [9.17, 15) is 13.6 Å². The third kappa shape index (κ3) is 3.67. The molecule has 2 rings (SSSR count). The molecule has 0 aliphatic rings. The van der Waals surface area contributed by atoms with E-state index in [0.29, 0.717) is 16.6 Å². The summed E-state index contributed by atoms with van der Waals surface area (Å²) in [5, 5.41) is 0.